The number of hydrogen-bond acceptors (Lipinski definition) is 5. The summed E-state index contributed by atoms with van der Waals surface area (Å²) in [5, 5.41) is 2.48. The highest BCUT2D eigenvalue weighted by Gasteiger charge is 2.18. The van der Waals surface area contributed by atoms with Crippen LogP contribution >= 0.6 is 0 Å². The number of para-hydroxylation sites is 2. The minimum atomic E-state index is -3.67. The summed E-state index contributed by atoms with van der Waals surface area (Å²) in [5.41, 5.74) is 5.28. The summed E-state index contributed by atoms with van der Waals surface area (Å²) in [6.07, 6.45) is -0.300. The van der Waals surface area contributed by atoms with Crippen LogP contribution in [0.4, 0.5) is 5.69 Å². The van der Waals surface area contributed by atoms with Crippen molar-refractivity contribution in [2.24, 2.45) is 5.73 Å². The summed E-state index contributed by atoms with van der Waals surface area (Å²) in [5.74, 6) is -2.10. The van der Waals surface area contributed by atoms with Crippen LogP contribution in [0.25, 0.3) is 0 Å². The van der Waals surface area contributed by atoms with Crippen molar-refractivity contribution in [3.8, 4) is 5.75 Å². The number of ether oxygens (including phenoxy) is 1. The second kappa shape index (κ2) is 7.63. The maximum Gasteiger partial charge on any atom is 0.239 e. The molecule has 1 aromatic rings. The highest BCUT2D eigenvalue weighted by Crippen LogP contribution is 2.23. The molecule has 8 heteroatoms. The second-order valence-electron chi connectivity index (χ2n) is 4.29. The standard InChI is InChI=1S/C13H18N2O5S/c1-2-20-11-6-4-3-5-10(11)15-13(17)9-21(18,19)8-7-12(14)16/h3-6H,2,7-9H2,1H3,(H2,14,16)(H,15,17). The molecule has 0 spiro atoms. The SMILES string of the molecule is CCOc1ccccc1NC(=O)CS(=O)(=O)CCC(N)=O. The van der Waals surface area contributed by atoms with Crippen LogP contribution in [0.1, 0.15) is 13.3 Å². The molecule has 0 radical (unpaired) electrons. The molecule has 1 aromatic carbocycles. The lowest BCUT2D eigenvalue weighted by Gasteiger charge is -2.11. The molecular formula is C13H18N2O5S. The van der Waals surface area contributed by atoms with Gasteiger partial charge in [0.2, 0.25) is 11.8 Å². The molecule has 0 aliphatic rings. The van der Waals surface area contributed by atoms with E-state index in [9.17, 15) is 18.0 Å². The Morgan fingerprint density at radius 1 is 1.29 bits per heavy atom. The van der Waals surface area contributed by atoms with E-state index in [4.69, 9.17) is 10.5 Å². The lowest BCUT2D eigenvalue weighted by Crippen LogP contribution is -2.26. The lowest BCUT2D eigenvalue weighted by atomic mass is 10.3. The van der Waals surface area contributed by atoms with Crippen molar-refractivity contribution in [1.82, 2.24) is 0 Å². The number of rotatable bonds is 8. The van der Waals surface area contributed by atoms with Crippen LogP contribution in [-0.4, -0.2) is 38.3 Å². The zero-order valence-electron chi connectivity index (χ0n) is 11.7. The fourth-order valence-corrected chi connectivity index (χ4v) is 2.69. The highest BCUT2D eigenvalue weighted by atomic mass is 32.2. The van der Waals surface area contributed by atoms with E-state index in [1.165, 1.54) is 0 Å². The van der Waals surface area contributed by atoms with Crippen molar-refractivity contribution in [3.05, 3.63) is 24.3 Å². The second-order valence-corrected chi connectivity index (χ2v) is 6.47. The molecule has 0 aromatic heterocycles. The van der Waals surface area contributed by atoms with Crippen LogP contribution in [0, 0.1) is 0 Å². The Bertz CT molecular complexity index is 613. The smallest absolute Gasteiger partial charge is 0.239 e. The topological polar surface area (TPSA) is 116 Å². The van der Waals surface area contributed by atoms with Crippen molar-refractivity contribution >= 4 is 27.3 Å². The van der Waals surface area contributed by atoms with E-state index in [0.29, 0.717) is 18.0 Å². The van der Waals surface area contributed by atoms with Crippen LogP contribution in [0.3, 0.4) is 0 Å². The predicted octanol–water partition coefficient (Wildman–Crippen LogP) is 0.314. The van der Waals surface area contributed by atoms with Crippen LogP contribution < -0.4 is 15.8 Å². The molecule has 1 rings (SSSR count). The number of hydrogen-bond donors (Lipinski definition) is 2. The van der Waals surface area contributed by atoms with E-state index in [2.05, 4.69) is 5.32 Å². The molecule has 7 nitrogen and oxygen atoms in total. The van der Waals surface area contributed by atoms with Gasteiger partial charge >= 0.3 is 0 Å². The first kappa shape index (κ1) is 17.0. The van der Waals surface area contributed by atoms with Crippen LogP contribution in [0.15, 0.2) is 24.3 Å². The molecule has 0 saturated carbocycles. The molecule has 0 bridgehead atoms. The van der Waals surface area contributed by atoms with E-state index in [-0.39, 0.29) is 6.42 Å². The number of carbonyl (C=O) groups is 2. The number of carbonyl (C=O) groups excluding carboxylic acids is 2. The Morgan fingerprint density at radius 3 is 2.57 bits per heavy atom. The van der Waals surface area contributed by atoms with Crippen LogP contribution in [0.2, 0.25) is 0 Å². The minimum Gasteiger partial charge on any atom is -0.492 e. The molecule has 2 amide bonds. The molecule has 0 aliphatic heterocycles. The van der Waals surface area contributed by atoms with Gasteiger partial charge in [0.25, 0.3) is 0 Å². The summed E-state index contributed by atoms with van der Waals surface area (Å²) in [4.78, 5) is 22.3. The Labute approximate surface area is 123 Å². The monoisotopic (exact) mass is 314 g/mol. The van der Waals surface area contributed by atoms with Crippen LogP contribution in [0.5, 0.6) is 5.75 Å². The fraction of sp³-hybridized carbons (Fsp3) is 0.385. The number of nitrogens with one attached hydrogen (secondary N) is 1. The third kappa shape index (κ3) is 6.26. The van der Waals surface area contributed by atoms with E-state index < -0.39 is 33.2 Å². The van der Waals surface area contributed by atoms with Gasteiger partial charge in [-0.2, -0.15) is 0 Å². The normalized spacial score (nSPS) is 10.9. The molecule has 0 atom stereocenters. The Balaban J connectivity index is 2.67. The molecule has 0 saturated heterocycles. The summed E-state index contributed by atoms with van der Waals surface area (Å²) in [7, 11) is -3.67. The van der Waals surface area contributed by atoms with Crippen molar-refractivity contribution in [1.29, 1.82) is 0 Å². The van der Waals surface area contributed by atoms with Gasteiger partial charge in [-0.1, -0.05) is 12.1 Å². The lowest BCUT2D eigenvalue weighted by molar-refractivity contribution is -0.117. The van der Waals surface area contributed by atoms with Crippen molar-refractivity contribution in [2.45, 2.75) is 13.3 Å². The first-order chi connectivity index (χ1) is 9.84. The maximum atomic E-state index is 11.8. The molecule has 116 valence electrons. The summed E-state index contributed by atoms with van der Waals surface area (Å²) >= 11 is 0. The molecule has 0 unspecified atom stereocenters. The molecule has 0 fully saturated rings. The van der Waals surface area contributed by atoms with Gasteiger partial charge in [-0.15, -0.1) is 0 Å². The van der Waals surface area contributed by atoms with Gasteiger partial charge < -0.3 is 15.8 Å². The molecule has 0 heterocycles. The molecular weight excluding hydrogens is 296 g/mol. The number of primary amides is 1. The van der Waals surface area contributed by atoms with Gasteiger partial charge in [0.15, 0.2) is 9.84 Å². The fourth-order valence-electron chi connectivity index (χ4n) is 1.57. The third-order valence-corrected chi connectivity index (χ3v) is 4.00. The van der Waals surface area contributed by atoms with Gasteiger partial charge in [0.1, 0.15) is 11.5 Å². The molecule has 21 heavy (non-hydrogen) atoms. The first-order valence-corrected chi connectivity index (χ1v) is 8.16. The van der Waals surface area contributed by atoms with Gasteiger partial charge in [-0.25, -0.2) is 8.42 Å². The van der Waals surface area contributed by atoms with Gasteiger partial charge in [-0.3, -0.25) is 9.59 Å². The number of nitrogens with two attached hydrogens (primary N) is 1. The molecule has 3 N–H and O–H groups in total. The Hall–Kier alpha value is -2.09. The Kier molecular flexibility index (Phi) is 6.16. The van der Waals surface area contributed by atoms with Crippen molar-refractivity contribution in [2.75, 3.05) is 23.4 Å². The van der Waals surface area contributed by atoms with E-state index in [1.54, 1.807) is 31.2 Å². The van der Waals surface area contributed by atoms with E-state index >= 15 is 0 Å². The Morgan fingerprint density at radius 2 is 1.95 bits per heavy atom. The zero-order chi connectivity index (χ0) is 15.9. The number of amides is 2. The van der Waals surface area contributed by atoms with Gasteiger partial charge in [0.05, 0.1) is 18.0 Å². The van der Waals surface area contributed by atoms with Crippen molar-refractivity contribution < 1.29 is 22.7 Å². The van der Waals surface area contributed by atoms with Crippen molar-refractivity contribution in [3.63, 3.8) is 0 Å². The van der Waals surface area contributed by atoms with E-state index in [1.807, 2.05) is 0 Å². The van der Waals surface area contributed by atoms with Gasteiger partial charge in [-0.05, 0) is 19.1 Å². The van der Waals surface area contributed by atoms with E-state index in [0.717, 1.165) is 0 Å². The average molecular weight is 314 g/mol. The summed E-state index contributed by atoms with van der Waals surface area (Å²) in [6.45, 7) is 2.22. The number of anilines is 1. The quantitative estimate of drug-likeness (QED) is 0.716. The largest absolute Gasteiger partial charge is 0.492 e. The third-order valence-electron chi connectivity index (χ3n) is 2.47. The molecule has 0 aliphatic carbocycles. The summed E-state index contributed by atoms with van der Waals surface area (Å²) in [6, 6.07) is 6.71. The minimum absolute atomic E-state index is 0.300. The van der Waals surface area contributed by atoms with Crippen LogP contribution in [-0.2, 0) is 19.4 Å². The zero-order valence-corrected chi connectivity index (χ0v) is 12.5. The van der Waals surface area contributed by atoms with Gasteiger partial charge in [0, 0.05) is 6.42 Å². The first-order valence-electron chi connectivity index (χ1n) is 6.34. The summed E-state index contributed by atoms with van der Waals surface area (Å²) < 4.78 is 28.6. The average Bonchev–Trinajstić information content (AvgIpc) is 2.38. The highest BCUT2D eigenvalue weighted by molar-refractivity contribution is 7.92. The number of sulfone groups is 1. The predicted molar refractivity (Wildman–Crippen MR) is 78.7 cm³/mol. The maximum absolute atomic E-state index is 11.8. The number of benzene rings is 1.